The number of carbonyl (C=O) groups excluding carboxylic acids is 1. The Balaban J connectivity index is 1.60. The zero-order chi connectivity index (χ0) is 15.5. The summed E-state index contributed by atoms with van der Waals surface area (Å²) in [7, 11) is 0. The Morgan fingerprint density at radius 1 is 1.23 bits per heavy atom. The van der Waals surface area contributed by atoms with Crippen LogP contribution in [-0.4, -0.2) is 42.2 Å². The lowest BCUT2D eigenvalue weighted by Crippen LogP contribution is -2.40. The summed E-state index contributed by atoms with van der Waals surface area (Å²) in [6.07, 6.45) is 0. The number of likely N-dealkylation sites (tertiary alicyclic amines) is 1. The van der Waals surface area contributed by atoms with Gasteiger partial charge in [0, 0.05) is 31.9 Å². The van der Waals surface area contributed by atoms with Gasteiger partial charge >= 0.3 is 0 Å². The third-order valence-corrected chi connectivity index (χ3v) is 6.43. The van der Waals surface area contributed by atoms with Crippen LogP contribution in [0.1, 0.15) is 19.4 Å². The van der Waals surface area contributed by atoms with Gasteiger partial charge in [0.1, 0.15) is 0 Å². The third-order valence-electron chi connectivity index (χ3n) is 4.82. The van der Waals surface area contributed by atoms with Crippen molar-refractivity contribution < 1.29 is 4.79 Å². The molecule has 3 rings (SSSR count). The maximum absolute atomic E-state index is 12.9. The number of nitrogens with zero attached hydrogens (tertiary/aromatic N) is 1. The Bertz CT molecular complexity index is 493. The molecule has 1 unspecified atom stereocenters. The second kappa shape index (κ2) is 7.05. The van der Waals surface area contributed by atoms with Crippen molar-refractivity contribution in [3.8, 4) is 0 Å². The van der Waals surface area contributed by atoms with Crippen molar-refractivity contribution in [1.82, 2.24) is 10.2 Å². The predicted molar refractivity (Wildman–Crippen MR) is 92.8 cm³/mol. The van der Waals surface area contributed by atoms with E-state index in [0.717, 1.165) is 31.9 Å². The van der Waals surface area contributed by atoms with Crippen molar-refractivity contribution in [3.05, 3.63) is 35.9 Å². The molecule has 1 aromatic rings. The Morgan fingerprint density at radius 2 is 1.86 bits per heavy atom. The van der Waals surface area contributed by atoms with E-state index < -0.39 is 0 Å². The molecule has 2 heterocycles. The lowest BCUT2D eigenvalue weighted by molar-refractivity contribution is -0.130. The third kappa shape index (κ3) is 3.49. The summed E-state index contributed by atoms with van der Waals surface area (Å²) in [5.74, 6) is 2.99. The predicted octanol–water partition coefficient (Wildman–Crippen LogP) is 2.62. The van der Waals surface area contributed by atoms with Crippen LogP contribution in [0.2, 0.25) is 0 Å². The second-order valence-corrected chi connectivity index (χ2v) is 8.01. The van der Waals surface area contributed by atoms with Gasteiger partial charge in [0.05, 0.1) is 5.25 Å². The quantitative estimate of drug-likeness (QED) is 0.906. The van der Waals surface area contributed by atoms with Gasteiger partial charge in [-0.25, -0.2) is 0 Å². The molecule has 2 aliphatic rings. The monoisotopic (exact) mass is 318 g/mol. The van der Waals surface area contributed by atoms with Crippen LogP contribution in [-0.2, 0) is 10.5 Å². The summed E-state index contributed by atoms with van der Waals surface area (Å²) >= 11 is 1.80. The largest absolute Gasteiger partial charge is 0.341 e. The van der Waals surface area contributed by atoms with E-state index in [2.05, 4.69) is 48.3 Å². The van der Waals surface area contributed by atoms with Gasteiger partial charge in [-0.3, -0.25) is 4.79 Å². The summed E-state index contributed by atoms with van der Waals surface area (Å²) in [5, 5.41) is 3.52. The van der Waals surface area contributed by atoms with E-state index >= 15 is 0 Å². The zero-order valence-corrected chi connectivity index (χ0v) is 14.3. The number of carbonyl (C=O) groups is 1. The SMILES string of the molecule is CC(C)C(SCc1ccccc1)C(=O)N1C[C@H]2CNC[C@H]2C1. The van der Waals surface area contributed by atoms with Crippen molar-refractivity contribution in [2.75, 3.05) is 26.2 Å². The van der Waals surface area contributed by atoms with E-state index in [1.807, 2.05) is 6.07 Å². The summed E-state index contributed by atoms with van der Waals surface area (Å²) < 4.78 is 0. The number of fused-ring (bicyclic) bond motifs is 1. The highest BCUT2D eigenvalue weighted by molar-refractivity contribution is 7.99. The molecule has 1 aromatic carbocycles. The first-order valence-electron chi connectivity index (χ1n) is 8.30. The molecular weight excluding hydrogens is 292 g/mol. The zero-order valence-electron chi connectivity index (χ0n) is 13.5. The first-order valence-corrected chi connectivity index (χ1v) is 9.35. The molecular formula is C18H26N2OS. The van der Waals surface area contributed by atoms with Gasteiger partial charge in [0.2, 0.25) is 5.91 Å². The van der Waals surface area contributed by atoms with Crippen LogP contribution in [0.25, 0.3) is 0 Å². The van der Waals surface area contributed by atoms with Crippen molar-refractivity contribution in [2.45, 2.75) is 24.9 Å². The molecule has 0 radical (unpaired) electrons. The Hall–Kier alpha value is -1.00. The molecule has 1 amide bonds. The molecule has 120 valence electrons. The van der Waals surface area contributed by atoms with Crippen molar-refractivity contribution in [3.63, 3.8) is 0 Å². The van der Waals surface area contributed by atoms with Crippen molar-refractivity contribution in [1.29, 1.82) is 0 Å². The van der Waals surface area contributed by atoms with Crippen LogP contribution in [0.5, 0.6) is 0 Å². The molecule has 0 aromatic heterocycles. The maximum Gasteiger partial charge on any atom is 0.235 e. The summed E-state index contributed by atoms with van der Waals surface area (Å²) in [6, 6.07) is 10.4. The molecule has 0 aliphatic carbocycles. The summed E-state index contributed by atoms with van der Waals surface area (Å²) in [4.78, 5) is 15.0. The summed E-state index contributed by atoms with van der Waals surface area (Å²) in [5.41, 5.74) is 1.30. The van der Waals surface area contributed by atoms with Crippen LogP contribution in [0.15, 0.2) is 30.3 Å². The first-order chi connectivity index (χ1) is 10.6. The summed E-state index contributed by atoms with van der Waals surface area (Å²) in [6.45, 7) is 8.39. The molecule has 4 heteroatoms. The van der Waals surface area contributed by atoms with E-state index in [4.69, 9.17) is 0 Å². The van der Waals surface area contributed by atoms with Gasteiger partial charge in [-0.15, -0.1) is 11.8 Å². The van der Waals surface area contributed by atoms with Gasteiger partial charge in [-0.2, -0.15) is 0 Å². The van der Waals surface area contributed by atoms with Crippen LogP contribution in [0.4, 0.5) is 0 Å². The van der Waals surface area contributed by atoms with E-state index in [1.54, 1.807) is 11.8 Å². The van der Waals surface area contributed by atoms with E-state index in [0.29, 0.717) is 23.7 Å². The fourth-order valence-corrected chi connectivity index (χ4v) is 4.77. The van der Waals surface area contributed by atoms with Gasteiger partial charge in [0.25, 0.3) is 0 Å². The second-order valence-electron chi connectivity index (χ2n) is 6.88. The molecule has 2 aliphatic heterocycles. The molecule has 0 spiro atoms. The average Bonchev–Trinajstić information content (AvgIpc) is 3.09. The highest BCUT2D eigenvalue weighted by Gasteiger charge is 2.40. The normalized spacial score (nSPS) is 25.5. The minimum Gasteiger partial charge on any atom is -0.341 e. The number of benzene rings is 1. The average molecular weight is 318 g/mol. The van der Waals surface area contributed by atoms with E-state index in [9.17, 15) is 4.79 Å². The Kier molecular flexibility index (Phi) is 5.09. The standard InChI is InChI=1S/C18H26N2OS/c1-13(2)17(22-12-14-6-4-3-5-7-14)18(21)20-10-15-8-19-9-16(15)11-20/h3-7,13,15-17,19H,8-12H2,1-2H3/t15-,16+,17?. The van der Waals surface area contributed by atoms with Gasteiger partial charge in [-0.1, -0.05) is 44.2 Å². The van der Waals surface area contributed by atoms with E-state index in [-0.39, 0.29) is 5.25 Å². The molecule has 1 N–H and O–H groups in total. The fourth-order valence-electron chi connectivity index (χ4n) is 3.52. The minimum atomic E-state index is 0.0759. The van der Waals surface area contributed by atoms with Gasteiger partial charge in [-0.05, 0) is 23.3 Å². The molecule has 0 bridgehead atoms. The minimum absolute atomic E-state index is 0.0759. The maximum atomic E-state index is 12.9. The molecule has 22 heavy (non-hydrogen) atoms. The number of nitrogens with one attached hydrogen (secondary N) is 1. The van der Waals surface area contributed by atoms with Gasteiger partial charge < -0.3 is 10.2 Å². The lowest BCUT2D eigenvalue weighted by Gasteiger charge is -2.26. The van der Waals surface area contributed by atoms with Gasteiger partial charge in [0.15, 0.2) is 0 Å². The molecule has 3 nitrogen and oxygen atoms in total. The topological polar surface area (TPSA) is 32.3 Å². The smallest absolute Gasteiger partial charge is 0.235 e. The Labute approximate surface area is 137 Å². The molecule has 2 saturated heterocycles. The Morgan fingerprint density at radius 3 is 2.45 bits per heavy atom. The molecule has 2 fully saturated rings. The van der Waals surface area contributed by atoms with Crippen LogP contribution in [0.3, 0.4) is 0 Å². The molecule has 0 saturated carbocycles. The highest BCUT2D eigenvalue weighted by atomic mass is 32.2. The number of thioether (sulfide) groups is 1. The number of amides is 1. The van der Waals surface area contributed by atoms with Crippen molar-refractivity contribution in [2.24, 2.45) is 17.8 Å². The van der Waals surface area contributed by atoms with Crippen LogP contribution in [0, 0.1) is 17.8 Å². The number of hydrogen-bond acceptors (Lipinski definition) is 3. The van der Waals surface area contributed by atoms with Crippen LogP contribution < -0.4 is 5.32 Å². The number of rotatable bonds is 5. The first kappa shape index (κ1) is 15.9. The number of hydrogen-bond donors (Lipinski definition) is 1. The van der Waals surface area contributed by atoms with E-state index in [1.165, 1.54) is 5.56 Å². The van der Waals surface area contributed by atoms with Crippen molar-refractivity contribution >= 4 is 17.7 Å². The molecule has 3 atom stereocenters. The fraction of sp³-hybridized carbons (Fsp3) is 0.611. The lowest BCUT2D eigenvalue weighted by atomic mass is 10.0. The highest BCUT2D eigenvalue weighted by Crippen LogP contribution is 2.31. The van der Waals surface area contributed by atoms with Crippen LogP contribution >= 0.6 is 11.8 Å².